The molecule has 0 saturated carbocycles. The number of hydrogen-bond acceptors (Lipinski definition) is 3. The van der Waals surface area contributed by atoms with E-state index in [1.807, 2.05) is 58.0 Å². The minimum absolute atomic E-state index is 0. The highest BCUT2D eigenvalue weighted by Gasteiger charge is 2.13. The molecule has 1 aromatic heterocycles. The fourth-order valence-corrected chi connectivity index (χ4v) is 1.45. The molecule has 0 amide bonds. The summed E-state index contributed by atoms with van der Waals surface area (Å²) in [4.78, 5) is 15.6. The summed E-state index contributed by atoms with van der Waals surface area (Å²) in [5, 5.41) is 0. The van der Waals surface area contributed by atoms with Crippen LogP contribution in [-0.4, -0.2) is 27.6 Å². The quantitative estimate of drug-likeness (QED) is 0.815. The zero-order valence-electron chi connectivity index (χ0n) is 13.5. The molecule has 5 nitrogen and oxygen atoms in total. The SMILES string of the molecule is CC.CC.CCOC(=O)c1cncn1-c1ccccc1.O. The van der Waals surface area contributed by atoms with Crippen molar-refractivity contribution in [3.63, 3.8) is 0 Å². The average Bonchev–Trinajstić information content (AvgIpc) is 3.02. The van der Waals surface area contributed by atoms with Gasteiger partial charge in [-0.25, -0.2) is 9.78 Å². The molecule has 0 fully saturated rings. The largest absolute Gasteiger partial charge is 0.461 e. The van der Waals surface area contributed by atoms with Crippen molar-refractivity contribution < 1.29 is 15.0 Å². The van der Waals surface area contributed by atoms with E-state index in [1.165, 1.54) is 6.20 Å². The average molecular weight is 294 g/mol. The molecule has 2 rings (SSSR count). The Kier molecular flexibility index (Phi) is 13.0. The summed E-state index contributed by atoms with van der Waals surface area (Å²) in [6.45, 7) is 10.1. The van der Waals surface area contributed by atoms with Crippen LogP contribution in [-0.2, 0) is 4.74 Å². The molecule has 1 aromatic carbocycles. The first-order valence-electron chi connectivity index (χ1n) is 7.08. The van der Waals surface area contributed by atoms with Crippen LogP contribution in [0.15, 0.2) is 42.9 Å². The fourth-order valence-electron chi connectivity index (χ4n) is 1.45. The molecule has 2 aromatic rings. The summed E-state index contributed by atoms with van der Waals surface area (Å²) in [5.74, 6) is -0.358. The number of para-hydroxylation sites is 1. The van der Waals surface area contributed by atoms with Gasteiger partial charge in [-0.15, -0.1) is 0 Å². The van der Waals surface area contributed by atoms with Gasteiger partial charge >= 0.3 is 5.97 Å². The molecule has 5 heteroatoms. The third kappa shape index (κ3) is 6.23. The van der Waals surface area contributed by atoms with E-state index < -0.39 is 0 Å². The molecule has 0 radical (unpaired) electrons. The van der Waals surface area contributed by atoms with Gasteiger partial charge in [-0.3, -0.25) is 4.57 Å². The van der Waals surface area contributed by atoms with E-state index >= 15 is 0 Å². The van der Waals surface area contributed by atoms with Crippen molar-refractivity contribution in [2.45, 2.75) is 34.6 Å². The van der Waals surface area contributed by atoms with Gasteiger partial charge in [0.25, 0.3) is 0 Å². The molecule has 0 unspecified atom stereocenters. The maximum Gasteiger partial charge on any atom is 0.356 e. The topological polar surface area (TPSA) is 75.6 Å². The Hall–Kier alpha value is -2.14. The number of esters is 1. The van der Waals surface area contributed by atoms with E-state index in [2.05, 4.69) is 4.98 Å². The first-order chi connectivity index (χ1) is 9.83. The monoisotopic (exact) mass is 294 g/mol. The number of carbonyl (C=O) groups excluding carboxylic acids is 1. The number of ether oxygens (including phenoxy) is 1. The number of nitrogens with zero attached hydrogens (tertiary/aromatic N) is 2. The van der Waals surface area contributed by atoms with Gasteiger partial charge in [-0.1, -0.05) is 45.9 Å². The van der Waals surface area contributed by atoms with Crippen molar-refractivity contribution in [1.82, 2.24) is 9.55 Å². The Morgan fingerprint density at radius 2 is 1.71 bits per heavy atom. The fraction of sp³-hybridized carbons (Fsp3) is 0.375. The Bertz CT molecular complexity index is 481. The number of hydrogen-bond donors (Lipinski definition) is 0. The standard InChI is InChI=1S/C12H12N2O2.2C2H6.H2O/c1-2-16-12(15)11-8-13-9-14(11)10-6-4-3-5-7-10;2*1-2;/h3-9H,2H2,1H3;2*1-2H3;1H2. The molecule has 118 valence electrons. The van der Waals surface area contributed by atoms with Gasteiger partial charge in [0.15, 0.2) is 5.69 Å². The predicted octanol–water partition coefficient (Wildman–Crippen LogP) is 3.28. The van der Waals surface area contributed by atoms with Crippen LogP contribution < -0.4 is 0 Å². The van der Waals surface area contributed by atoms with Crippen LogP contribution in [0.3, 0.4) is 0 Å². The molecule has 0 spiro atoms. The Labute approximate surface area is 126 Å². The molecule has 0 aliphatic heterocycles. The summed E-state index contributed by atoms with van der Waals surface area (Å²) in [6, 6.07) is 9.55. The minimum Gasteiger partial charge on any atom is -0.461 e. The Morgan fingerprint density at radius 3 is 2.24 bits per heavy atom. The van der Waals surface area contributed by atoms with Crippen molar-refractivity contribution in [1.29, 1.82) is 0 Å². The molecule has 0 bridgehead atoms. The molecular formula is C16H26N2O3. The number of benzene rings is 1. The zero-order chi connectivity index (χ0) is 15.4. The van der Waals surface area contributed by atoms with Crippen LogP contribution >= 0.6 is 0 Å². The second-order valence-electron chi connectivity index (χ2n) is 3.20. The van der Waals surface area contributed by atoms with E-state index in [0.29, 0.717) is 12.3 Å². The van der Waals surface area contributed by atoms with E-state index in [9.17, 15) is 4.79 Å². The lowest BCUT2D eigenvalue weighted by Crippen LogP contribution is -2.10. The second-order valence-corrected chi connectivity index (χ2v) is 3.20. The smallest absolute Gasteiger partial charge is 0.356 e. The Balaban J connectivity index is 0. The van der Waals surface area contributed by atoms with Crippen molar-refractivity contribution in [2.75, 3.05) is 6.61 Å². The number of aromatic nitrogens is 2. The summed E-state index contributed by atoms with van der Waals surface area (Å²) in [6.07, 6.45) is 3.10. The highest BCUT2D eigenvalue weighted by atomic mass is 16.5. The first kappa shape index (κ1) is 21.2. The summed E-state index contributed by atoms with van der Waals surface area (Å²) in [7, 11) is 0. The molecule has 0 aliphatic rings. The molecule has 0 saturated heterocycles. The van der Waals surface area contributed by atoms with Crippen LogP contribution in [0.25, 0.3) is 5.69 Å². The van der Waals surface area contributed by atoms with E-state index in [0.717, 1.165) is 5.69 Å². The summed E-state index contributed by atoms with van der Waals surface area (Å²) in [5.41, 5.74) is 1.33. The maximum absolute atomic E-state index is 11.6. The van der Waals surface area contributed by atoms with Crippen LogP contribution in [0.5, 0.6) is 0 Å². The number of carbonyl (C=O) groups is 1. The van der Waals surface area contributed by atoms with Crippen LogP contribution in [0.4, 0.5) is 0 Å². The summed E-state index contributed by atoms with van der Waals surface area (Å²) < 4.78 is 6.65. The highest BCUT2D eigenvalue weighted by molar-refractivity contribution is 5.88. The third-order valence-corrected chi connectivity index (χ3v) is 2.16. The van der Waals surface area contributed by atoms with E-state index in [1.54, 1.807) is 17.8 Å². The van der Waals surface area contributed by atoms with Gasteiger partial charge < -0.3 is 10.2 Å². The minimum atomic E-state index is -0.358. The van der Waals surface area contributed by atoms with Gasteiger partial charge in [0, 0.05) is 5.69 Å². The zero-order valence-corrected chi connectivity index (χ0v) is 13.5. The van der Waals surface area contributed by atoms with Gasteiger partial charge in [0.05, 0.1) is 19.1 Å². The molecular weight excluding hydrogens is 268 g/mol. The van der Waals surface area contributed by atoms with Gasteiger partial charge in [0.2, 0.25) is 0 Å². The van der Waals surface area contributed by atoms with Crippen LogP contribution in [0, 0.1) is 0 Å². The normalized spacial score (nSPS) is 8.24. The lowest BCUT2D eigenvalue weighted by Gasteiger charge is -2.06. The molecule has 0 atom stereocenters. The molecule has 2 N–H and O–H groups in total. The summed E-state index contributed by atoms with van der Waals surface area (Å²) >= 11 is 0. The van der Waals surface area contributed by atoms with Crippen molar-refractivity contribution in [2.24, 2.45) is 0 Å². The third-order valence-electron chi connectivity index (χ3n) is 2.16. The lowest BCUT2D eigenvalue weighted by atomic mass is 10.3. The Morgan fingerprint density at radius 1 is 1.14 bits per heavy atom. The van der Waals surface area contributed by atoms with Crippen molar-refractivity contribution in [3.05, 3.63) is 48.5 Å². The predicted molar refractivity (Wildman–Crippen MR) is 85.8 cm³/mol. The molecule has 1 heterocycles. The number of imidazole rings is 1. The van der Waals surface area contributed by atoms with E-state index in [4.69, 9.17) is 4.74 Å². The number of rotatable bonds is 3. The van der Waals surface area contributed by atoms with Crippen molar-refractivity contribution in [3.8, 4) is 5.69 Å². The first-order valence-corrected chi connectivity index (χ1v) is 7.08. The van der Waals surface area contributed by atoms with E-state index in [-0.39, 0.29) is 11.4 Å². The van der Waals surface area contributed by atoms with Gasteiger partial charge in [-0.05, 0) is 19.1 Å². The van der Waals surface area contributed by atoms with Crippen LogP contribution in [0.1, 0.15) is 45.1 Å². The molecule has 0 aliphatic carbocycles. The van der Waals surface area contributed by atoms with Crippen LogP contribution in [0.2, 0.25) is 0 Å². The van der Waals surface area contributed by atoms with Gasteiger partial charge in [0.1, 0.15) is 0 Å². The highest BCUT2D eigenvalue weighted by Crippen LogP contribution is 2.11. The lowest BCUT2D eigenvalue weighted by molar-refractivity contribution is 0.0517. The maximum atomic E-state index is 11.6. The second kappa shape index (κ2) is 12.9. The van der Waals surface area contributed by atoms with Crippen molar-refractivity contribution >= 4 is 5.97 Å². The molecule has 21 heavy (non-hydrogen) atoms. The van der Waals surface area contributed by atoms with Gasteiger partial charge in [-0.2, -0.15) is 0 Å².